The molecular formula is C15H19N3S. The maximum absolute atomic E-state index is 4.09. The lowest BCUT2D eigenvalue weighted by molar-refractivity contribution is 0.601. The first kappa shape index (κ1) is 14.0. The number of nitrogens with one attached hydrogen (secondary N) is 1. The predicted molar refractivity (Wildman–Crippen MR) is 80.4 cm³/mol. The molecule has 2 rings (SSSR count). The number of benzene rings is 1. The zero-order valence-corrected chi connectivity index (χ0v) is 12.2. The quantitative estimate of drug-likeness (QED) is 0.820. The van der Waals surface area contributed by atoms with E-state index in [1.165, 1.54) is 10.5 Å². The molecule has 0 spiro atoms. The summed E-state index contributed by atoms with van der Waals surface area (Å²) in [6.45, 7) is 5.17. The highest BCUT2D eigenvalue weighted by atomic mass is 32.2. The Balaban J connectivity index is 1.99. The Morgan fingerprint density at radius 2 is 1.84 bits per heavy atom. The molecule has 0 aliphatic heterocycles. The molecule has 3 nitrogen and oxygen atoms in total. The highest BCUT2D eigenvalue weighted by Crippen LogP contribution is 2.24. The maximum atomic E-state index is 4.09. The van der Waals surface area contributed by atoms with Crippen LogP contribution in [0.4, 0.5) is 0 Å². The molecule has 0 saturated heterocycles. The highest BCUT2D eigenvalue weighted by Gasteiger charge is 2.11. The van der Waals surface area contributed by atoms with Crippen LogP contribution in [0.2, 0.25) is 0 Å². The number of rotatable bonds is 6. The lowest BCUT2D eigenvalue weighted by Crippen LogP contribution is -2.23. The number of thioether (sulfide) groups is 1. The van der Waals surface area contributed by atoms with Crippen LogP contribution in [0.5, 0.6) is 0 Å². The van der Waals surface area contributed by atoms with Crippen molar-refractivity contribution in [3.8, 4) is 0 Å². The van der Waals surface area contributed by atoms with E-state index in [4.69, 9.17) is 0 Å². The van der Waals surface area contributed by atoms with Gasteiger partial charge in [-0.2, -0.15) is 0 Å². The highest BCUT2D eigenvalue weighted by molar-refractivity contribution is 7.99. The minimum atomic E-state index is 0.289. The van der Waals surface area contributed by atoms with Gasteiger partial charge in [0, 0.05) is 34.6 Å². The van der Waals surface area contributed by atoms with Gasteiger partial charge < -0.3 is 5.32 Å². The summed E-state index contributed by atoms with van der Waals surface area (Å²) in [7, 11) is 0. The van der Waals surface area contributed by atoms with Gasteiger partial charge in [0.05, 0.1) is 0 Å². The van der Waals surface area contributed by atoms with Crippen molar-refractivity contribution in [2.24, 2.45) is 0 Å². The molecule has 1 aromatic heterocycles. The largest absolute Gasteiger partial charge is 0.309 e. The van der Waals surface area contributed by atoms with Crippen molar-refractivity contribution >= 4 is 11.8 Å². The van der Waals surface area contributed by atoms with Gasteiger partial charge in [-0.05, 0) is 25.6 Å². The number of aryl methyl sites for hydroxylation is 1. The second-order valence-corrected chi connectivity index (χ2v) is 5.50. The van der Waals surface area contributed by atoms with Gasteiger partial charge in [0.15, 0.2) is 0 Å². The zero-order chi connectivity index (χ0) is 13.5. The number of aromatic nitrogens is 2. The van der Waals surface area contributed by atoms with E-state index in [2.05, 4.69) is 53.4 Å². The smallest absolute Gasteiger partial charge is 0.115 e. The molecule has 0 fully saturated rings. The van der Waals surface area contributed by atoms with Crippen molar-refractivity contribution in [2.75, 3.05) is 12.3 Å². The van der Waals surface area contributed by atoms with Crippen LogP contribution >= 0.6 is 11.8 Å². The third-order valence-electron chi connectivity index (χ3n) is 2.87. The Kier molecular flexibility index (Phi) is 5.36. The van der Waals surface area contributed by atoms with Gasteiger partial charge in [-0.1, -0.05) is 24.6 Å². The summed E-state index contributed by atoms with van der Waals surface area (Å²) in [6.07, 6.45) is 5.34. The molecule has 1 aromatic carbocycles. The Morgan fingerprint density at radius 3 is 2.47 bits per heavy atom. The number of nitrogens with zero attached hydrogens (tertiary/aromatic N) is 2. The minimum absolute atomic E-state index is 0.289. The molecule has 2 aromatic rings. The van der Waals surface area contributed by atoms with E-state index in [1.54, 1.807) is 6.33 Å². The fourth-order valence-corrected chi connectivity index (χ4v) is 2.82. The average molecular weight is 273 g/mol. The van der Waals surface area contributed by atoms with Crippen LogP contribution in [0.1, 0.15) is 24.1 Å². The van der Waals surface area contributed by atoms with Crippen molar-refractivity contribution in [3.05, 3.63) is 54.1 Å². The Hall–Kier alpha value is -1.39. The summed E-state index contributed by atoms with van der Waals surface area (Å²) in [6, 6.07) is 8.93. The van der Waals surface area contributed by atoms with Gasteiger partial charge in [-0.15, -0.1) is 11.8 Å². The van der Waals surface area contributed by atoms with Crippen LogP contribution in [-0.2, 0) is 0 Å². The van der Waals surface area contributed by atoms with E-state index in [0.29, 0.717) is 0 Å². The number of hydrogen-bond donors (Lipinski definition) is 1. The van der Waals surface area contributed by atoms with E-state index < -0.39 is 0 Å². The molecule has 4 heteroatoms. The van der Waals surface area contributed by atoms with Crippen molar-refractivity contribution in [1.82, 2.24) is 15.3 Å². The standard InChI is InChI=1S/C15H19N3S/c1-3-18-15(13-8-16-11-17-9-13)10-19-14-6-4-12(2)5-7-14/h4-9,11,15,18H,3,10H2,1-2H3. The second kappa shape index (κ2) is 7.26. The molecule has 0 aliphatic rings. The molecule has 1 N–H and O–H groups in total. The van der Waals surface area contributed by atoms with E-state index in [9.17, 15) is 0 Å². The molecule has 1 heterocycles. The van der Waals surface area contributed by atoms with Gasteiger partial charge in [0.2, 0.25) is 0 Å². The van der Waals surface area contributed by atoms with Crippen LogP contribution in [-0.4, -0.2) is 22.3 Å². The lowest BCUT2D eigenvalue weighted by atomic mass is 10.2. The van der Waals surface area contributed by atoms with Crippen molar-refractivity contribution in [3.63, 3.8) is 0 Å². The summed E-state index contributed by atoms with van der Waals surface area (Å²) in [4.78, 5) is 9.48. The van der Waals surface area contributed by atoms with Gasteiger partial charge in [0.1, 0.15) is 6.33 Å². The average Bonchev–Trinajstić information content (AvgIpc) is 2.46. The van der Waals surface area contributed by atoms with Gasteiger partial charge in [0.25, 0.3) is 0 Å². The first-order valence-electron chi connectivity index (χ1n) is 6.47. The topological polar surface area (TPSA) is 37.8 Å². The summed E-state index contributed by atoms with van der Waals surface area (Å²) >= 11 is 1.85. The fourth-order valence-electron chi connectivity index (χ4n) is 1.82. The minimum Gasteiger partial charge on any atom is -0.309 e. The Bertz CT molecular complexity index is 485. The fraction of sp³-hybridized carbons (Fsp3) is 0.333. The van der Waals surface area contributed by atoms with Crippen LogP contribution in [0.25, 0.3) is 0 Å². The molecule has 0 aliphatic carbocycles. The normalized spacial score (nSPS) is 12.3. The first-order chi connectivity index (χ1) is 9.29. The molecule has 0 amide bonds. The summed E-state index contributed by atoms with van der Waals surface area (Å²) < 4.78 is 0. The van der Waals surface area contributed by atoms with Crippen LogP contribution in [0.3, 0.4) is 0 Å². The molecular weight excluding hydrogens is 254 g/mol. The second-order valence-electron chi connectivity index (χ2n) is 4.41. The van der Waals surface area contributed by atoms with Crippen molar-refractivity contribution in [1.29, 1.82) is 0 Å². The zero-order valence-electron chi connectivity index (χ0n) is 11.3. The van der Waals surface area contributed by atoms with Crippen molar-refractivity contribution < 1.29 is 0 Å². The molecule has 100 valence electrons. The SMILES string of the molecule is CCNC(CSc1ccc(C)cc1)c1cncnc1. The lowest BCUT2D eigenvalue weighted by Gasteiger charge is -2.17. The third-order valence-corrected chi connectivity index (χ3v) is 3.98. The van der Waals surface area contributed by atoms with E-state index in [1.807, 2.05) is 24.2 Å². The van der Waals surface area contributed by atoms with Gasteiger partial charge >= 0.3 is 0 Å². The van der Waals surface area contributed by atoms with Crippen LogP contribution < -0.4 is 5.32 Å². The summed E-state index contributed by atoms with van der Waals surface area (Å²) in [5, 5.41) is 3.48. The van der Waals surface area contributed by atoms with E-state index >= 15 is 0 Å². The molecule has 0 saturated carbocycles. The van der Waals surface area contributed by atoms with E-state index in [-0.39, 0.29) is 6.04 Å². The Labute approximate surface area is 118 Å². The molecule has 1 unspecified atom stereocenters. The van der Waals surface area contributed by atoms with Crippen molar-refractivity contribution in [2.45, 2.75) is 24.8 Å². The Morgan fingerprint density at radius 1 is 1.16 bits per heavy atom. The van der Waals surface area contributed by atoms with Crippen LogP contribution in [0, 0.1) is 6.92 Å². The van der Waals surface area contributed by atoms with Crippen LogP contribution in [0.15, 0.2) is 47.9 Å². The van der Waals surface area contributed by atoms with E-state index in [0.717, 1.165) is 17.9 Å². The monoisotopic (exact) mass is 273 g/mol. The number of hydrogen-bond acceptors (Lipinski definition) is 4. The molecule has 1 atom stereocenters. The predicted octanol–water partition coefficient (Wildman–Crippen LogP) is 3.23. The van der Waals surface area contributed by atoms with Gasteiger partial charge in [-0.3, -0.25) is 0 Å². The summed E-state index contributed by atoms with van der Waals surface area (Å²) in [5.74, 6) is 0.976. The summed E-state index contributed by atoms with van der Waals surface area (Å²) in [5.41, 5.74) is 2.44. The maximum Gasteiger partial charge on any atom is 0.115 e. The molecule has 19 heavy (non-hydrogen) atoms. The molecule has 0 radical (unpaired) electrons. The third kappa shape index (κ3) is 4.33. The first-order valence-corrected chi connectivity index (χ1v) is 7.46. The van der Waals surface area contributed by atoms with Gasteiger partial charge in [-0.25, -0.2) is 9.97 Å². The molecule has 0 bridgehead atoms.